The van der Waals surface area contributed by atoms with Crippen LogP contribution >= 0.6 is 11.8 Å². The number of cyclic esters (lactones) is 1. The quantitative estimate of drug-likeness (QED) is 0.337. The SMILES string of the molecule is O=C1OCC=C[C@@H]2S[C@]34C=CCN(C5CCCCC5)C(=O)C3N(CCCCCCO)C(=O)[C@@H]4[C@H]12. The van der Waals surface area contributed by atoms with Gasteiger partial charge in [0.1, 0.15) is 12.6 Å². The highest BCUT2D eigenvalue weighted by Crippen LogP contribution is 2.61. The molecule has 1 N–H and O–H groups in total. The van der Waals surface area contributed by atoms with E-state index in [4.69, 9.17) is 9.84 Å². The number of amides is 2. The Hall–Kier alpha value is -1.80. The van der Waals surface area contributed by atoms with E-state index in [2.05, 4.69) is 12.2 Å². The fourth-order valence-corrected chi connectivity index (χ4v) is 8.70. The summed E-state index contributed by atoms with van der Waals surface area (Å²) in [7, 11) is 0. The van der Waals surface area contributed by atoms with Crippen LogP contribution in [0.25, 0.3) is 0 Å². The van der Waals surface area contributed by atoms with E-state index in [0.717, 1.165) is 51.4 Å². The maximum absolute atomic E-state index is 14.2. The molecule has 0 aromatic rings. The monoisotopic (exact) mass is 488 g/mol. The van der Waals surface area contributed by atoms with Crippen molar-refractivity contribution in [2.75, 3.05) is 26.3 Å². The van der Waals surface area contributed by atoms with Crippen molar-refractivity contribution in [1.82, 2.24) is 9.80 Å². The fourth-order valence-electron chi connectivity index (χ4n) is 6.69. The zero-order valence-electron chi connectivity index (χ0n) is 19.8. The minimum atomic E-state index is -0.737. The van der Waals surface area contributed by atoms with Crippen molar-refractivity contribution in [2.24, 2.45) is 11.8 Å². The van der Waals surface area contributed by atoms with E-state index >= 15 is 0 Å². The topological polar surface area (TPSA) is 87.2 Å². The van der Waals surface area contributed by atoms with Crippen LogP contribution in [0.2, 0.25) is 0 Å². The molecule has 1 aliphatic carbocycles. The first-order chi connectivity index (χ1) is 16.6. The second kappa shape index (κ2) is 10.1. The molecular formula is C26H36N2O5S. The Balaban J connectivity index is 1.48. The van der Waals surface area contributed by atoms with Gasteiger partial charge in [-0.15, -0.1) is 11.8 Å². The number of carbonyl (C=O) groups is 3. The number of hydrogen-bond acceptors (Lipinski definition) is 6. The third-order valence-corrected chi connectivity index (χ3v) is 10.0. The van der Waals surface area contributed by atoms with Crippen LogP contribution in [0.4, 0.5) is 0 Å². The number of carbonyl (C=O) groups excluding carboxylic acids is 3. The molecule has 2 amide bonds. The number of esters is 1. The van der Waals surface area contributed by atoms with Crippen molar-refractivity contribution in [3.63, 3.8) is 0 Å². The van der Waals surface area contributed by atoms with E-state index in [1.807, 2.05) is 17.1 Å². The Morgan fingerprint density at radius 3 is 2.62 bits per heavy atom. The van der Waals surface area contributed by atoms with Gasteiger partial charge in [0, 0.05) is 31.0 Å². The number of aliphatic hydroxyl groups is 1. The molecule has 5 aliphatic rings. The molecule has 3 fully saturated rings. The molecule has 34 heavy (non-hydrogen) atoms. The number of ether oxygens (including phenoxy) is 1. The molecule has 0 radical (unpaired) electrons. The highest BCUT2D eigenvalue weighted by Gasteiger charge is 2.71. The van der Waals surface area contributed by atoms with Crippen molar-refractivity contribution in [1.29, 1.82) is 0 Å². The molecule has 5 atom stereocenters. The largest absolute Gasteiger partial charge is 0.461 e. The molecule has 4 aliphatic heterocycles. The van der Waals surface area contributed by atoms with Crippen LogP contribution in [-0.4, -0.2) is 81.1 Å². The smallest absolute Gasteiger partial charge is 0.311 e. The molecule has 186 valence electrons. The summed E-state index contributed by atoms with van der Waals surface area (Å²) in [6, 6.07) is -0.356. The van der Waals surface area contributed by atoms with Crippen LogP contribution in [-0.2, 0) is 19.1 Å². The predicted molar refractivity (Wildman–Crippen MR) is 130 cm³/mol. The molecule has 7 nitrogen and oxygen atoms in total. The molecule has 4 heterocycles. The van der Waals surface area contributed by atoms with Gasteiger partial charge >= 0.3 is 5.97 Å². The Bertz CT molecular complexity index is 869. The van der Waals surface area contributed by atoms with Crippen molar-refractivity contribution in [3.8, 4) is 0 Å². The van der Waals surface area contributed by atoms with Gasteiger partial charge < -0.3 is 19.6 Å². The number of hydrogen-bond donors (Lipinski definition) is 1. The molecule has 1 unspecified atom stereocenters. The Morgan fingerprint density at radius 2 is 1.82 bits per heavy atom. The van der Waals surface area contributed by atoms with Gasteiger partial charge in [0.15, 0.2) is 0 Å². The lowest BCUT2D eigenvalue weighted by Gasteiger charge is -2.39. The van der Waals surface area contributed by atoms with E-state index < -0.39 is 22.6 Å². The summed E-state index contributed by atoms with van der Waals surface area (Å²) in [5.41, 5.74) is 0. The Morgan fingerprint density at radius 1 is 1.03 bits per heavy atom. The number of unbranched alkanes of at least 4 members (excludes halogenated alkanes) is 3. The highest BCUT2D eigenvalue weighted by atomic mass is 32.2. The Labute approximate surface area is 205 Å². The third-order valence-electron chi connectivity index (χ3n) is 8.27. The molecule has 8 heteroatoms. The van der Waals surface area contributed by atoms with Crippen molar-refractivity contribution < 1.29 is 24.2 Å². The van der Waals surface area contributed by atoms with Gasteiger partial charge in [0.25, 0.3) is 0 Å². The fraction of sp³-hybridized carbons (Fsp3) is 0.731. The summed E-state index contributed by atoms with van der Waals surface area (Å²) in [4.78, 5) is 45.0. The summed E-state index contributed by atoms with van der Waals surface area (Å²) >= 11 is 1.62. The maximum atomic E-state index is 14.2. The van der Waals surface area contributed by atoms with E-state index in [-0.39, 0.29) is 42.3 Å². The molecular weight excluding hydrogens is 452 g/mol. The van der Waals surface area contributed by atoms with Gasteiger partial charge in [-0.2, -0.15) is 0 Å². The number of nitrogens with zero attached hydrogens (tertiary/aromatic N) is 2. The molecule has 2 saturated heterocycles. The first-order valence-corrected chi connectivity index (χ1v) is 13.9. The van der Waals surface area contributed by atoms with E-state index in [9.17, 15) is 14.4 Å². The lowest BCUT2D eigenvalue weighted by atomic mass is 9.78. The lowest BCUT2D eigenvalue weighted by Crippen LogP contribution is -2.55. The van der Waals surface area contributed by atoms with Crippen LogP contribution in [0, 0.1) is 11.8 Å². The van der Waals surface area contributed by atoms with Crippen molar-refractivity contribution in [3.05, 3.63) is 24.3 Å². The summed E-state index contributed by atoms with van der Waals surface area (Å²) in [5.74, 6) is -1.49. The standard InChI is InChI=1S/C26H36N2O5S/c29-16-7-2-1-6-14-28-22-24(31)27(18-10-4-3-5-11-18)15-9-13-26(22)21(23(28)30)20-19(34-26)12-8-17-33-25(20)32/h8-9,12-13,18-22,29H,1-7,10-11,14-17H2/t19-,20+,21-,22?,26-/m0/s1. The lowest BCUT2D eigenvalue weighted by molar-refractivity contribution is -0.151. The number of likely N-dealkylation sites (tertiary alicyclic amines) is 1. The highest BCUT2D eigenvalue weighted by molar-refractivity contribution is 8.02. The van der Waals surface area contributed by atoms with Crippen molar-refractivity contribution >= 4 is 29.5 Å². The van der Waals surface area contributed by atoms with Crippen molar-refractivity contribution in [2.45, 2.75) is 79.9 Å². The zero-order chi connectivity index (χ0) is 23.7. The number of thioether (sulfide) groups is 1. The second-order valence-electron chi connectivity index (χ2n) is 10.3. The molecule has 0 aromatic carbocycles. The van der Waals surface area contributed by atoms with Gasteiger partial charge in [0.2, 0.25) is 11.8 Å². The summed E-state index contributed by atoms with van der Waals surface area (Å²) in [6.07, 6.45) is 16.9. The summed E-state index contributed by atoms with van der Waals surface area (Å²) in [5, 5.41) is 8.93. The zero-order valence-corrected chi connectivity index (χ0v) is 20.6. The molecule has 0 aromatic heterocycles. The van der Waals surface area contributed by atoms with Crippen LogP contribution in [0.5, 0.6) is 0 Å². The average Bonchev–Trinajstić information content (AvgIpc) is 3.13. The van der Waals surface area contributed by atoms with Gasteiger partial charge in [-0.25, -0.2) is 0 Å². The van der Waals surface area contributed by atoms with Crippen LogP contribution in [0.15, 0.2) is 24.3 Å². The third kappa shape index (κ3) is 4.00. The minimum Gasteiger partial charge on any atom is -0.461 e. The second-order valence-corrected chi connectivity index (χ2v) is 11.7. The van der Waals surface area contributed by atoms with Crippen LogP contribution in [0.1, 0.15) is 57.8 Å². The minimum absolute atomic E-state index is 0.0458. The van der Waals surface area contributed by atoms with Gasteiger partial charge in [-0.05, 0) is 25.7 Å². The number of aliphatic hydroxyl groups excluding tert-OH is 1. The normalized spacial score (nSPS) is 35.6. The number of fused-ring (bicyclic) bond motifs is 2. The van der Waals surface area contributed by atoms with E-state index in [1.54, 1.807) is 16.7 Å². The predicted octanol–water partition coefficient (Wildman–Crippen LogP) is 2.68. The molecule has 1 spiro atoms. The Kier molecular flexibility index (Phi) is 7.07. The number of rotatable bonds is 7. The van der Waals surface area contributed by atoms with Gasteiger partial charge in [-0.1, -0.05) is 56.4 Å². The van der Waals surface area contributed by atoms with E-state index in [1.165, 1.54) is 6.42 Å². The van der Waals surface area contributed by atoms with Gasteiger partial charge in [-0.3, -0.25) is 14.4 Å². The molecule has 1 saturated carbocycles. The first kappa shape index (κ1) is 23.9. The van der Waals surface area contributed by atoms with Crippen LogP contribution < -0.4 is 0 Å². The summed E-state index contributed by atoms with van der Waals surface area (Å²) < 4.78 is 4.69. The van der Waals surface area contributed by atoms with Crippen LogP contribution in [0.3, 0.4) is 0 Å². The van der Waals surface area contributed by atoms with Gasteiger partial charge in [0.05, 0.1) is 16.6 Å². The summed E-state index contributed by atoms with van der Waals surface area (Å²) in [6.45, 7) is 1.49. The van der Waals surface area contributed by atoms with E-state index in [0.29, 0.717) is 13.1 Å². The maximum Gasteiger partial charge on any atom is 0.311 e. The molecule has 0 bridgehead atoms. The average molecular weight is 489 g/mol. The first-order valence-electron chi connectivity index (χ1n) is 13.0. The molecule has 5 rings (SSSR count).